The van der Waals surface area contributed by atoms with Crippen molar-refractivity contribution in [1.29, 1.82) is 0 Å². The van der Waals surface area contributed by atoms with Crippen LogP contribution in [0, 0.1) is 0 Å². The monoisotopic (exact) mass is 316 g/mol. The summed E-state index contributed by atoms with van der Waals surface area (Å²) in [5.41, 5.74) is 6.33. The van der Waals surface area contributed by atoms with Gasteiger partial charge in [-0.1, -0.05) is 12.1 Å². The zero-order valence-electron chi connectivity index (χ0n) is 12.2. The summed E-state index contributed by atoms with van der Waals surface area (Å²) in [5, 5.41) is 9.97. The largest absolute Gasteiger partial charge is 0.451 e. The highest BCUT2D eigenvalue weighted by atomic mass is 19.4. The molecule has 1 rings (SSSR count). The van der Waals surface area contributed by atoms with Gasteiger partial charge in [0.2, 0.25) is 0 Å². The molecule has 1 N–H and O–H groups in total. The van der Waals surface area contributed by atoms with Gasteiger partial charge >= 0.3 is 17.9 Å². The first-order valence-electron chi connectivity index (χ1n) is 6.26. The van der Waals surface area contributed by atoms with E-state index in [0.717, 1.165) is 24.3 Å². The van der Waals surface area contributed by atoms with Crippen LogP contribution in [0.3, 0.4) is 0 Å². The molecule has 8 heteroatoms. The number of rotatable bonds is 3. The molecule has 0 aromatic heterocycles. The Morgan fingerprint density at radius 2 is 1.73 bits per heavy atom. The molecule has 0 amide bonds. The predicted octanol–water partition coefficient (Wildman–Crippen LogP) is 2.75. The SMILES string of the molecule is CC(C)(C)OC(=O)C(=[N+]=[N-])[C@@H](O)c1ccc(C(F)(F)F)cc1. The number of hydrogen-bond donors (Lipinski definition) is 1. The van der Waals surface area contributed by atoms with E-state index in [4.69, 9.17) is 10.3 Å². The van der Waals surface area contributed by atoms with Crippen LogP contribution in [0.4, 0.5) is 13.2 Å². The van der Waals surface area contributed by atoms with Crippen molar-refractivity contribution in [3.8, 4) is 0 Å². The molecule has 1 aromatic rings. The molecule has 0 spiro atoms. The van der Waals surface area contributed by atoms with Crippen molar-refractivity contribution >= 4 is 11.7 Å². The summed E-state index contributed by atoms with van der Waals surface area (Å²) in [6.45, 7) is 4.72. The van der Waals surface area contributed by atoms with Crippen molar-refractivity contribution in [2.75, 3.05) is 0 Å². The lowest BCUT2D eigenvalue weighted by Crippen LogP contribution is -2.32. The van der Waals surface area contributed by atoms with E-state index in [2.05, 4.69) is 4.79 Å². The molecule has 0 radical (unpaired) electrons. The molecule has 0 unspecified atom stereocenters. The van der Waals surface area contributed by atoms with Gasteiger partial charge in [0.25, 0.3) is 0 Å². The van der Waals surface area contributed by atoms with Gasteiger partial charge in [-0.15, -0.1) is 0 Å². The van der Waals surface area contributed by atoms with Crippen LogP contribution < -0.4 is 0 Å². The van der Waals surface area contributed by atoms with Gasteiger partial charge in [0.15, 0.2) is 6.10 Å². The zero-order chi connectivity index (χ0) is 17.1. The van der Waals surface area contributed by atoms with Crippen molar-refractivity contribution in [3.63, 3.8) is 0 Å². The molecule has 1 aromatic carbocycles. The standard InChI is InChI=1S/C14H15F3N2O3/c1-13(2,3)22-12(21)10(19-18)11(20)8-4-6-9(7-5-8)14(15,16)17/h4-7,11,20H,1-3H3/t11-/m0/s1. The number of carbonyl (C=O) groups is 1. The Balaban J connectivity index is 3.01. The Bertz CT molecular complexity index is 597. The molecule has 22 heavy (non-hydrogen) atoms. The summed E-state index contributed by atoms with van der Waals surface area (Å²) >= 11 is 0. The summed E-state index contributed by atoms with van der Waals surface area (Å²) in [6.07, 6.45) is -6.22. The first-order valence-corrected chi connectivity index (χ1v) is 6.26. The second kappa shape index (κ2) is 6.29. The van der Waals surface area contributed by atoms with Gasteiger partial charge in [-0.2, -0.15) is 18.0 Å². The third-order valence-electron chi connectivity index (χ3n) is 2.53. The minimum atomic E-state index is -4.51. The predicted molar refractivity (Wildman–Crippen MR) is 70.9 cm³/mol. The highest BCUT2D eigenvalue weighted by molar-refractivity contribution is 6.35. The van der Waals surface area contributed by atoms with E-state index in [-0.39, 0.29) is 5.56 Å². The molecule has 120 valence electrons. The minimum absolute atomic E-state index is 0.0355. The average Bonchev–Trinajstić information content (AvgIpc) is 2.36. The van der Waals surface area contributed by atoms with Gasteiger partial charge in [-0.05, 0) is 38.5 Å². The van der Waals surface area contributed by atoms with Gasteiger partial charge in [0.05, 0.1) is 5.56 Å². The fourth-order valence-electron chi connectivity index (χ4n) is 1.55. The Morgan fingerprint density at radius 3 is 2.09 bits per heavy atom. The minimum Gasteiger partial charge on any atom is -0.451 e. The number of alkyl halides is 3. The molecule has 0 aliphatic rings. The maximum Gasteiger partial charge on any atom is 0.420 e. The molecule has 0 heterocycles. The third kappa shape index (κ3) is 4.68. The quantitative estimate of drug-likeness (QED) is 0.403. The van der Waals surface area contributed by atoms with Crippen LogP contribution in [0.5, 0.6) is 0 Å². The van der Waals surface area contributed by atoms with Gasteiger partial charge in [0, 0.05) is 0 Å². The van der Waals surface area contributed by atoms with Gasteiger partial charge in [-0.3, -0.25) is 0 Å². The Morgan fingerprint density at radius 1 is 1.23 bits per heavy atom. The van der Waals surface area contributed by atoms with Crippen LogP contribution in [-0.2, 0) is 15.7 Å². The van der Waals surface area contributed by atoms with Gasteiger partial charge in [0.1, 0.15) is 5.60 Å². The van der Waals surface area contributed by atoms with E-state index < -0.39 is 35.1 Å². The number of ether oxygens (including phenoxy) is 1. The molecular weight excluding hydrogens is 301 g/mol. The molecule has 0 fully saturated rings. The maximum atomic E-state index is 12.5. The summed E-state index contributed by atoms with van der Waals surface area (Å²) in [4.78, 5) is 14.5. The number of benzene rings is 1. The highest BCUT2D eigenvalue weighted by Gasteiger charge is 2.36. The van der Waals surface area contributed by atoms with Gasteiger partial charge < -0.3 is 15.4 Å². The zero-order valence-corrected chi connectivity index (χ0v) is 12.2. The number of nitrogens with zero attached hydrogens (tertiary/aromatic N) is 2. The lowest BCUT2D eigenvalue weighted by Gasteiger charge is -2.18. The molecular formula is C14H15F3N2O3. The number of aliphatic hydroxyl groups is 1. The number of carbonyl (C=O) groups excluding carboxylic acids is 1. The molecule has 0 saturated carbocycles. The van der Waals surface area contributed by atoms with E-state index in [1.54, 1.807) is 20.8 Å². The van der Waals surface area contributed by atoms with Crippen molar-refractivity contribution in [2.45, 2.75) is 38.7 Å². The number of halogens is 3. The Labute approximate surface area is 124 Å². The summed E-state index contributed by atoms with van der Waals surface area (Å²) in [7, 11) is 0. The topological polar surface area (TPSA) is 82.9 Å². The fraction of sp³-hybridized carbons (Fsp3) is 0.429. The summed E-state index contributed by atoms with van der Waals surface area (Å²) in [6, 6.07) is 3.48. The van der Waals surface area contributed by atoms with E-state index in [1.807, 2.05) is 0 Å². The second-order valence-corrected chi connectivity index (χ2v) is 5.51. The van der Waals surface area contributed by atoms with Crippen molar-refractivity contribution < 1.29 is 32.6 Å². The first-order chi connectivity index (χ1) is 9.95. The normalized spacial score (nSPS) is 13.2. The third-order valence-corrected chi connectivity index (χ3v) is 2.53. The van der Waals surface area contributed by atoms with Crippen molar-refractivity contribution in [3.05, 3.63) is 40.9 Å². The second-order valence-electron chi connectivity index (χ2n) is 5.51. The van der Waals surface area contributed by atoms with E-state index in [1.165, 1.54) is 0 Å². The van der Waals surface area contributed by atoms with Crippen molar-refractivity contribution in [1.82, 2.24) is 0 Å². The van der Waals surface area contributed by atoms with Crippen LogP contribution in [0.1, 0.15) is 38.0 Å². The number of esters is 1. The molecule has 1 atom stereocenters. The van der Waals surface area contributed by atoms with Crippen LogP contribution in [0.2, 0.25) is 0 Å². The van der Waals surface area contributed by atoms with Crippen LogP contribution >= 0.6 is 0 Å². The summed E-state index contributed by atoms with van der Waals surface area (Å²) < 4.78 is 42.3. The van der Waals surface area contributed by atoms with Crippen LogP contribution in [-0.4, -0.2) is 27.2 Å². The Hall–Kier alpha value is -2.18. The van der Waals surface area contributed by atoms with Crippen LogP contribution in [0.25, 0.3) is 5.53 Å². The molecule has 0 saturated heterocycles. The first kappa shape index (κ1) is 17.9. The highest BCUT2D eigenvalue weighted by Crippen LogP contribution is 2.30. The maximum absolute atomic E-state index is 12.5. The Kier molecular flexibility index (Phi) is 5.11. The molecule has 0 aliphatic carbocycles. The molecule has 0 bridgehead atoms. The number of hydrogen-bond acceptors (Lipinski definition) is 3. The fourth-order valence-corrected chi connectivity index (χ4v) is 1.55. The molecule has 0 aliphatic heterocycles. The molecule has 5 nitrogen and oxygen atoms in total. The van der Waals surface area contributed by atoms with Gasteiger partial charge in [-0.25, -0.2) is 4.79 Å². The number of aliphatic hydroxyl groups excluding tert-OH is 1. The van der Waals surface area contributed by atoms with Crippen molar-refractivity contribution in [2.24, 2.45) is 0 Å². The lowest BCUT2D eigenvalue weighted by molar-refractivity contribution is -0.152. The summed E-state index contributed by atoms with van der Waals surface area (Å²) in [5.74, 6) is -1.07. The van der Waals surface area contributed by atoms with Crippen LogP contribution in [0.15, 0.2) is 24.3 Å². The van der Waals surface area contributed by atoms with E-state index >= 15 is 0 Å². The lowest BCUT2D eigenvalue weighted by atomic mass is 10.0. The van der Waals surface area contributed by atoms with E-state index in [9.17, 15) is 23.1 Å². The average molecular weight is 316 g/mol. The smallest absolute Gasteiger partial charge is 0.420 e. The van der Waals surface area contributed by atoms with E-state index in [0.29, 0.717) is 0 Å².